The third kappa shape index (κ3) is 4.11. The second-order valence-corrected chi connectivity index (χ2v) is 10.8. The maximum Gasteiger partial charge on any atom is 0.274 e. The highest BCUT2D eigenvalue weighted by atomic mass is 79.9. The molecule has 1 aliphatic carbocycles. The normalized spacial score (nSPS) is 21.3. The third-order valence-corrected chi connectivity index (χ3v) is 7.76. The molecule has 2 fully saturated rings. The quantitative estimate of drug-likeness (QED) is 0.512. The zero-order chi connectivity index (χ0) is 22.4. The highest BCUT2D eigenvalue weighted by Crippen LogP contribution is 2.48. The van der Waals surface area contributed by atoms with Gasteiger partial charge in [0.2, 0.25) is 0 Å². The molecular weight excluding hydrogens is 486 g/mol. The van der Waals surface area contributed by atoms with Crippen LogP contribution in [-0.2, 0) is 0 Å². The van der Waals surface area contributed by atoms with Crippen LogP contribution in [0, 0.1) is 19.8 Å². The van der Waals surface area contributed by atoms with Gasteiger partial charge in [-0.1, -0.05) is 51.8 Å². The lowest BCUT2D eigenvalue weighted by Crippen LogP contribution is -2.45. The first-order chi connectivity index (χ1) is 15.4. The summed E-state index contributed by atoms with van der Waals surface area (Å²) in [6, 6.07) is 15.8. The fourth-order valence-corrected chi connectivity index (χ4v) is 5.98. The number of carbonyl (C=O) groups excluding carboxylic acids is 2. The Hall–Kier alpha value is -2.51. The van der Waals surface area contributed by atoms with Crippen LogP contribution in [0.25, 0.3) is 10.4 Å². The van der Waals surface area contributed by atoms with Crippen LogP contribution in [0.4, 0.5) is 0 Å². The van der Waals surface area contributed by atoms with Gasteiger partial charge in [-0.3, -0.25) is 9.59 Å². The van der Waals surface area contributed by atoms with Gasteiger partial charge in [0.15, 0.2) is 0 Å². The lowest BCUT2D eigenvalue weighted by Gasteiger charge is -2.27. The first kappa shape index (κ1) is 21.3. The molecule has 7 heteroatoms. The predicted octanol–water partition coefficient (Wildman–Crippen LogP) is 5.22. The topological polar surface area (TPSA) is 62.3 Å². The van der Waals surface area contributed by atoms with Crippen LogP contribution in [0.2, 0.25) is 0 Å². The largest absolute Gasteiger partial charge is 0.350 e. The number of piperidine rings is 1. The van der Waals surface area contributed by atoms with Crippen molar-refractivity contribution in [2.45, 2.75) is 38.8 Å². The van der Waals surface area contributed by atoms with E-state index in [1.807, 2.05) is 36.1 Å². The van der Waals surface area contributed by atoms with Crippen LogP contribution in [0.1, 0.15) is 44.3 Å². The first-order valence-electron chi connectivity index (χ1n) is 10.8. The van der Waals surface area contributed by atoms with E-state index in [9.17, 15) is 9.59 Å². The van der Waals surface area contributed by atoms with E-state index in [4.69, 9.17) is 0 Å². The minimum Gasteiger partial charge on any atom is -0.350 e. The number of benzene rings is 2. The van der Waals surface area contributed by atoms with E-state index in [0.29, 0.717) is 23.7 Å². The molecule has 3 atom stereocenters. The predicted molar refractivity (Wildman–Crippen MR) is 130 cm³/mol. The van der Waals surface area contributed by atoms with Crippen molar-refractivity contribution in [3.05, 3.63) is 74.8 Å². The van der Waals surface area contributed by atoms with Crippen molar-refractivity contribution in [3.8, 4) is 10.4 Å². The lowest BCUT2D eigenvalue weighted by molar-refractivity contribution is 0.0684. The number of thiazole rings is 1. The molecule has 0 unspecified atom stereocenters. The number of amides is 2. The number of likely N-dealkylation sites (tertiary alicyclic amines) is 1. The highest BCUT2D eigenvalue weighted by molar-refractivity contribution is 9.10. The van der Waals surface area contributed by atoms with Crippen LogP contribution < -0.4 is 5.32 Å². The molecule has 164 valence electrons. The summed E-state index contributed by atoms with van der Waals surface area (Å²) >= 11 is 4.97. The smallest absolute Gasteiger partial charge is 0.274 e. The van der Waals surface area contributed by atoms with E-state index in [-0.39, 0.29) is 23.9 Å². The molecule has 0 spiro atoms. The highest BCUT2D eigenvalue weighted by Gasteiger charge is 2.54. The molecule has 5 nitrogen and oxygen atoms in total. The monoisotopic (exact) mass is 509 g/mol. The van der Waals surface area contributed by atoms with Gasteiger partial charge in [0.25, 0.3) is 11.8 Å². The summed E-state index contributed by atoms with van der Waals surface area (Å²) in [6.07, 6.45) is 1.97. The van der Waals surface area contributed by atoms with Gasteiger partial charge < -0.3 is 10.2 Å². The first-order valence-corrected chi connectivity index (χ1v) is 12.4. The molecular formula is C25H24BrN3O2S. The zero-order valence-electron chi connectivity index (χ0n) is 18.0. The van der Waals surface area contributed by atoms with Gasteiger partial charge in [-0.05, 0) is 56.4 Å². The van der Waals surface area contributed by atoms with Crippen molar-refractivity contribution < 1.29 is 9.59 Å². The lowest BCUT2D eigenvalue weighted by atomic mass is 10.1. The average Bonchev–Trinajstić information content (AvgIpc) is 3.26. The fraction of sp³-hybridized carbons (Fsp3) is 0.320. The molecule has 2 heterocycles. The molecule has 1 saturated carbocycles. The van der Waals surface area contributed by atoms with E-state index in [2.05, 4.69) is 45.3 Å². The van der Waals surface area contributed by atoms with Gasteiger partial charge in [-0.25, -0.2) is 4.98 Å². The van der Waals surface area contributed by atoms with Crippen LogP contribution in [0.15, 0.2) is 53.0 Å². The van der Waals surface area contributed by atoms with Crippen molar-refractivity contribution in [1.82, 2.24) is 15.2 Å². The number of aromatic nitrogens is 1. The minimum atomic E-state index is -0.121. The Balaban J connectivity index is 1.36. The molecule has 0 radical (unpaired) electrons. The molecule has 2 aromatic carbocycles. The number of rotatable bonds is 5. The fourth-order valence-electron chi connectivity index (χ4n) is 4.68. The summed E-state index contributed by atoms with van der Waals surface area (Å²) in [5.74, 6) is 0.399. The van der Waals surface area contributed by atoms with Crippen LogP contribution in [0.5, 0.6) is 0 Å². The number of nitrogens with zero attached hydrogens (tertiary/aromatic N) is 2. The number of fused-ring (bicyclic) bond motifs is 1. The zero-order valence-corrected chi connectivity index (χ0v) is 20.4. The summed E-state index contributed by atoms with van der Waals surface area (Å²) in [5, 5.41) is 3.92. The summed E-state index contributed by atoms with van der Waals surface area (Å²) in [7, 11) is 0. The molecule has 2 aliphatic rings. The number of halogens is 1. The number of nitrogens with one attached hydrogen (secondary N) is 1. The van der Waals surface area contributed by atoms with E-state index in [1.165, 1.54) is 0 Å². The molecule has 2 amide bonds. The SMILES string of the molecule is Cc1cccc(-c2sc(C)nc2C(=O)N2[C@H](CNC(=O)c3cccc(Br)c3)C[C@@H]3C[C@@H]32)c1. The van der Waals surface area contributed by atoms with Gasteiger partial charge in [0.05, 0.1) is 15.9 Å². The van der Waals surface area contributed by atoms with Crippen molar-refractivity contribution in [2.75, 3.05) is 6.54 Å². The Kier molecular flexibility index (Phi) is 5.63. The Morgan fingerprint density at radius 3 is 2.75 bits per heavy atom. The van der Waals surface area contributed by atoms with Crippen LogP contribution in [0.3, 0.4) is 0 Å². The van der Waals surface area contributed by atoms with E-state index in [0.717, 1.165) is 38.3 Å². The van der Waals surface area contributed by atoms with E-state index in [1.54, 1.807) is 23.5 Å². The van der Waals surface area contributed by atoms with Crippen molar-refractivity contribution in [2.24, 2.45) is 5.92 Å². The Bertz CT molecular complexity index is 1210. The molecule has 1 aromatic heterocycles. The summed E-state index contributed by atoms with van der Waals surface area (Å²) < 4.78 is 0.867. The molecule has 0 bridgehead atoms. The molecule has 1 saturated heterocycles. The van der Waals surface area contributed by atoms with Crippen molar-refractivity contribution in [1.29, 1.82) is 0 Å². The molecule has 1 aliphatic heterocycles. The summed E-state index contributed by atoms with van der Waals surface area (Å²) in [6.45, 7) is 4.45. The number of hydrogen-bond acceptors (Lipinski definition) is 4. The Labute approximate surface area is 200 Å². The molecule has 1 N–H and O–H groups in total. The second-order valence-electron chi connectivity index (χ2n) is 8.67. The standard InChI is InChI=1S/C25H24BrN3O2S/c1-14-5-3-6-16(9-14)23-22(28-15(2)32-23)25(31)29-20(11-18-12-21(18)29)13-27-24(30)17-7-4-8-19(26)10-17/h3-10,18,20-21H,11-13H2,1-2H3,(H,27,30)/t18-,20+,21+/m1/s1. The Morgan fingerprint density at radius 2 is 1.97 bits per heavy atom. The minimum absolute atomic E-state index is 0.00489. The molecule has 3 aromatic rings. The van der Waals surface area contributed by atoms with Gasteiger partial charge in [0.1, 0.15) is 5.69 Å². The number of hydrogen-bond donors (Lipinski definition) is 1. The van der Waals surface area contributed by atoms with Crippen molar-refractivity contribution in [3.63, 3.8) is 0 Å². The van der Waals surface area contributed by atoms with E-state index < -0.39 is 0 Å². The van der Waals surface area contributed by atoms with Crippen LogP contribution >= 0.6 is 27.3 Å². The maximum atomic E-state index is 13.7. The van der Waals surface area contributed by atoms with E-state index >= 15 is 0 Å². The number of aryl methyl sites for hydroxylation is 2. The average molecular weight is 510 g/mol. The molecule has 32 heavy (non-hydrogen) atoms. The third-order valence-electron chi connectivity index (χ3n) is 6.25. The second kappa shape index (κ2) is 8.45. The van der Waals surface area contributed by atoms with Gasteiger partial charge in [0, 0.05) is 22.6 Å². The van der Waals surface area contributed by atoms with Gasteiger partial charge in [-0.2, -0.15) is 0 Å². The van der Waals surface area contributed by atoms with Crippen molar-refractivity contribution >= 4 is 39.1 Å². The van der Waals surface area contributed by atoms with Crippen LogP contribution in [-0.4, -0.2) is 40.3 Å². The number of carbonyl (C=O) groups is 2. The Morgan fingerprint density at radius 1 is 1.16 bits per heavy atom. The summed E-state index contributed by atoms with van der Waals surface area (Å²) in [4.78, 5) is 33.9. The molecule has 5 rings (SSSR count). The van der Waals surface area contributed by atoms with Gasteiger partial charge in [-0.15, -0.1) is 11.3 Å². The summed E-state index contributed by atoms with van der Waals surface area (Å²) in [5.41, 5.74) is 3.33. The maximum absolute atomic E-state index is 13.7. The van der Waals surface area contributed by atoms with Gasteiger partial charge >= 0.3 is 0 Å².